The summed E-state index contributed by atoms with van der Waals surface area (Å²) < 4.78 is 27.5. The molecule has 4 heterocycles. The van der Waals surface area contributed by atoms with Gasteiger partial charge in [0.15, 0.2) is 5.58 Å². The zero-order valence-corrected chi connectivity index (χ0v) is 26.4. The minimum Gasteiger partial charge on any atom is -0.601 e. The second-order valence-corrected chi connectivity index (χ2v) is 13.4. The second-order valence-electron chi connectivity index (χ2n) is 12.2. The van der Waals surface area contributed by atoms with Gasteiger partial charge in [-0.15, -0.1) is 0 Å². The summed E-state index contributed by atoms with van der Waals surface area (Å²) in [7, 11) is 0. The summed E-state index contributed by atoms with van der Waals surface area (Å²) in [6.07, 6.45) is 0. The maximum Gasteiger partial charge on any atom is 0.783 e. The molecule has 7 aromatic carbocycles. The van der Waals surface area contributed by atoms with Gasteiger partial charge in [-0.1, -0.05) is 84.9 Å². The number of nitrogens with zero attached hydrogens (tertiary/aromatic N) is 2. The Kier molecular flexibility index (Phi) is 4.73. The summed E-state index contributed by atoms with van der Waals surface area (Å²) in [5.74, 6) is 2.23. The van der Waals surface area contributed by atoms with E-state index >= 15 is 0 Å². The van der Waals surface area contributed by atoms with Crippen molar-refractivity contribution in [2.75, 3.05) is 0 Å². The summed E-state index contributed by atoms with van der Waals surface area (Å²) in [6, 6.07) is 46.7. The molecule has 2 aliphatic rings. The van der Waals surface area contributed by atoms with Crippen LogP contribution in [0.4, 0.5) is 0 Å². The number of fused-ring (bicyclic) bond motifs is 16. The number of benzene rings is 7. The predicted octanol–water partition coefficient (Wildman–Crippen LogP) is 9.69. The lowest BCUT2D eigenvalue weighted by Crippen LogP contribution is -2.78. The lowest BCUT2D eigenvalue weighted by molar-refractivity contribution is -0.539. The van der Waals surface area contributed by atoms with E-state index in [1.165, 1.54) is 3.57 Å². The van der Waals surface area contributed by atoms with E-state index in [2.05, 4.69) is 147 Å². The molecule has 0 amide bonds. The average Bonchev–Trinajstić information content (AvgIpc) is 3.60. The fourth-order valence-electron chi connectivity index (χ4n) is 8.00. The monoisotopic (exact) mass is 704 g/mol. The molecule has 1 spiro atoms. The van der Waals surface area contributed by atoms with Crippen LogP contribution in [0.3, 0.4) is 0 Å². The first-order valence-corrected chi connectivity index (χ1v) is 16.5. The van der Waals surface area contributed by atoms with Crippen molar-refractivity contribution in [1.29, 1.82) is 0 Å². The van der Waals surface area contributed by atoms with Gasteiger partial charge in [-0.25, -0.2) is 0 Å². The molecule has 7 heteroatoms. The van der Waals surface area contributed by atoms with Crippen LogP contribution >= 0.6 is 22.6 Å². The fourth-order valence-corrected chi connectivity index (χ4v) is 8.49. The molecule has 216 valence electrons. The number of hydrogen-bond donors (Lipinski definition) is 0. The maximum atomic E-state index is 7.57. The number of halogens is 1. The van der Waals surface area contributed by atoms with Crippen LogP contribution in [0, 0.1) is 3.57 Å². The molecule has 2 aliphatic heterocycles. The maximum absolute atomic E-state index is 7.57. The summed E-state index contributed by atoms with van der Waals surface area (Å²) in [6.45, 7) is -2.53. The summed E-state index contributed by atoms with van der Waals surface area (Å²) in [5, 5.41) is 6.80. The average molecular weight is 704 g/mol. The van der Waals surface area contributed by atoms with Crippen LogP contribution in [0.2, 0.25) is 0 Å². The SMILES string of the molecule is Ic1ccc2c(c1)c1cccc3c1n2[B-]1(Oc2ccc4ccccc4c2-c2c(ccc4ccccc24)O1)[n+]1c-3oc2ccccc21. The molecule has 0 radical (unpaired) electrons. The topological polar surface area (TPSA) is 40.4 Å². The van der Waals surface area contributed by atoms with Crippen LogP contribution < -0.4 is 13.8 Å². The predicted molar refractivity (Wildman–Crippen MR) is 192 cm³/mol. The molecule has 0 unspecified atom stereocenters. The first-order valence-electron chi connectivity index (χ1n) is 15.4. The van der Waals surface area contributed by atoms with Crippen LogP contribution in [0.25, 0.3) is 77.0 Å². The van der Waals surface area contributed by atoms with Crippen LogP contribution in [-0.2, 0) is 0 Å². The van der Waals surface area contributed by atoms with E-state index in [1.807, 2.05) is 18.2 Å². The highest BCUT2D eigenvalue weighted by atomic mass is 127. The molecule has 2 aromatic heterocycles. The van der Waals surface area contributed by atoms with Gasteiger partial charge in [-0.2, -0.15) is 0 Å². The van der Waals surface area contributed by atoms with E-state index < -0.39 is 6.82 Å². The van der Waals surface area contributed by atoms with Crippen LogP contribution in [0.15, 0.2) is 138 Å². The molecule has 11 rings (SSSR count). The van der Waals surface area contributed by atoms with Crippen molar-refractivity contribution in [3.05, 3.63) is 137 Å². The molecule has 46 heavy (non-hydrogen) atoms. The molecule has 0 atom stereocenters. The lowest BCUT2D eigenvalue weighted by atomic mass is 9.82. The van der Waals surface area contributed by atoms with Crippen molar-refractivity contribution >= 4 is 83.9 Å². The third-order valence-electron chi connectivity index (χ3n) is 9.81. The van der Waals surface area contributed by atoms with Gasteiger partial charge in [-0.3, -0.25) is 4.48 Å². The molecule has 9 aromatic rings. The molecule has 0 N–H and O–H groups in total. The van der Waals surface area contributed by atoms with Crippen molar-refractivity contribution in [2.24, 2.45) is 0 Å². The van der Waals surface area contributed by atoms with Crippen LogP contribution in [0.5, 0.6) is 11.5 Å². The minimum absolute atomic E-state index is 0.711. The number of para-hydroxylation sites is 3. The summed E-state index contributed by atoms with van der Waals surface area (Å²) in [5.41, 5.74) is 6.80. The lowest BCUT2D eigenvalue weighted by Gasteiger charge is -2.38. The Labute approximate surface area is 276 Å². The van der Waals surface area contributed by atoms with Gasteiger partial charge < -0.3 is 18.2 Å². The molecule has 0 fully saturated rings. The largest absolute Gasteiger partial charge is 0.783 e. The van der Waals surface area contributed by atoms with Gasteiger partial charge in [0, 0.05) is 42.6 Å². The van der Waals surface area contributed by atoms with Crippen LogP contribution in [0.1, 0.15) is 0 Å². The quantitative estimate of drug-likeness (QED) is 0.117. The summed E-state index contributed by atoms with van der Waals surface area (Å²) >= 11 is 2.39. The highest BCUT2D eigenvalue weighted by Crippen LogP contribution is 2.51. The Bertz CT molecular complexity index is 2710. The van der Waals surface area contributed by atoms with Crippen molar-refractivity contribution in [2.45, 2.75) is 0 Å². The molecule has 5 nitrogen and oxygen atoms in total. The molecular formula is C39H22BIN2O3. The van der Waals surface area contributed by atoms with Gasteiger partial charge in [-0.05, 0) is 86.6 Å². The van der Waals surface area contributed by atoms with E-state index in [9.17, 15) is 0 Å². The third-order valence-corrected chi connectivity index (χ3v) is 10.5. The molecule has 0 saturated carbocycles. The minimum atomic E-state index is -2.53. The third kappa shape index (κ3) is 3.04. The first kappa shape index (κ1) is 25.0. The number of oxazole rings is 1. The zero-order valence-electron chi connectivity index (χ0n) is 24.3. The zero-order chi connectivity index (χ0) is 30.1. The standard InChI is InChI=1S/C39H22BIN2O3/c41-25-18-19-31-30(22-25)28-12-7-13-29-38(28)42(31)40(43-32-14-5-6-15-33(32)44-39(29)43)45-34-20-16-23-8-1-3-10-26(23)36(34)37-27-11-4-2-9-24(27)17-21-35(37)46-40/h1-22H. The van der Waals surface area contributed by atoms with Crippen molar-refractivity contribution in [3.63, 3.8) is 0 Å². The van der Waals surface area contributed by atoms with Gasteiger partial charge in [0.1, 0.15) is 5.56 Å². The van der Waals surface area contributed by atoms with E-state index in [4.69, 9.17) is 13.7 Å². The highest BCUT2D eigenvalue weighted by molar-refractivity contribution is 14.1. The first-order chi connectivity index (χ1) is 22.7. The van der Waals surface area contributed by atoms with E-state index in [0.29, 0.717) is 5.89 Å². The van der Waals surface area contributed by atoms with Gasteiger partial charge in [0.2, 0.25) is 5.52 Å². The van der Waals surface area contributed by atoms with E-state index in [-0.39, 0.29) is 0 Å². The second kappa shape index (κ2) is 8.71. The molecular weight excluding hydrogens is 682 g/mol. The van der Waals surface area contributed by atoms with Crippen molar-refractivity contribution in [3.8, 4) is 34.1 Å². The van der Waals surface area contributed by atoms with Crippen LogP contribution in [-0.4, -0.2) is 11.3 Å². The van der Waals surface area contributed by atoms with E-state index in [1.54, 1.807) is 0 Å². The molecule has 0 saturated heterocycles. The Morgan fingerprint density at radius 1 is 0.587 bits per heavy atom. The summed E-state index contributed by atoms with van der Waals surface area (Å²) in [4.78, 5) is 0. The number of aromatic nitrogens is 2. The number of rotatable bonds is 0. The fraction of sp³-hybridized carbons (Fsp3) is 0. The van der Waals surface area contributed by atoms with Crippen molar-refractivity contribution in [1.82, 2.24) is 4.48 Å². The smallest absolute Gasteiger partial charge is 0.601 e. The van der Waals surface area contributed by atoms with Gasteiger partial charge in [0.05, 0.1) is 11.5 Å². The normalized spacial score (nSPS) is 14.3. The van der Waals surface area contributed by atoms with Gasteiger partial charge >= 0.3 is 12.7 Å². The Balaban J connectivity index is 1.38. The Morgan fingerprint density at radius 2 is 1.24 bits per heavy atom. The number of hydrogen-bond acceptors (Lipinski definition) is 3. The Morgan fingerprint density at radius 3 is 1.98 bits per heavy atom. The molecule has 0 aliphatic carbocycles. The van der Waals surface area contributed by atoms with E-state index in [0.717, 1.165) is 82.6 Å². The molecule has 0 bridgehead atoms. The van der Waals surface area contributed by atoms with Gasteiger partial charge in [0.25, 0.3) is 0 Å². The Hall–Kier alpha value is -5.28. The highest BCUT2D eigenvalue weighted by Gasteiger charge is 2.60. The van der Waals surface area contributed by atoms with Crippen molar-refractivity contribution < 1.29 is 18.2 Å².